The fourth-order valence-electron chi connectivity index (χ4n) is 3.69. The Morgan fingerprint density at radius 1 is 1.12 bits per heavy atom. The van der Waals surface area contributed by atoms with Crippen LogP contribution < -0.4 is 15.0 Å². The van der Waals surface area contributed by atoms with E-state index in [9.17, 15) is 9.59 Å². The SMILES string of the molecule is COc1cccc(NC(=O)c2cc3c4c(c2)CCC(=O)N4CCC3)c1. The van der Waals surface area contributed by atoms with Crippen molar-refractivity contribution in [1.29, 1.82) is 0 Å². The summed E-state index contributed by atoms with van der Waals surface area (Å²) in [4.78, 5) is 26.7. The van der Waals surface area contributed by atoms with Crippen LogP contribution >= 0.6 is 0 Å². The maximum Gasteiger partial charge on any atom is 0.255 e. The van der Waals surface area contributed by atoms with E-state index in [1.165, 1.54) is 0 Å². The molecule has 0 aromatic heterocycles. The van der Waals surface area contributed by atoms with Crippen molar-refractivity contribution in [3.8, 4) is 5.75 Å². The Morgan fingerprint density at radius 3 is 2.72 bits per heavy atom. The molecule has 0 unspecified atom stereocenters. The van der Waals surface area contributed by atoms with Gasteiger partial charge in [-0.1, -0.05) is 6.07 Å². The Balaban J connectivity index is 1.65. The number of nitrogens with one attached hydrogen (secondary N) is 1. The molecule has 2 aliphatic rings. The minimum Gasteiger partial charge on any atom is -0.497 e. The number of ether oxygens (including phenoxy) is 1. The first-order valence-electron chi connectivity index (χ1n) is 8.57. The Morgan fingerprint density at radius 2 is 1.92 bits per heavy atom. The standard InChI is InChI=1S/C20H20N2O3/c1-25-17-6-2-5-16(12-17)21-20(24)15-10-13-4-3-9-22-18(23)8-7-14(11-15)19(13)22/h2,5-6,10-12H,3-4,7-9H2,1H3,(H,21,24). The third kappa shape index (κ3) is 2.86. The van der Waals surface area contributed by atoms with Crippen LogP contribution in [0.2, 0.25) is 0 Å². The van der Waals surface area contributed by atoms with Crippen molar-refractivity contribution in [2.75, 3.05) is 23.9 Å². The third-order valence-electron chi connectivity index (χ3n) is 4.86. The van der Waals surface area contributed by atoms with E-state index >= 15 is 0 Å². The molecule has 0 saturated carbocycles. The zero-order chi connectivity index (χ0) is 17.4. The van der Waals surface area contributed by atoms with Gasteiger partial charge in [0.2, 0.25) is 5.91 Å². The van der Waals surface area contributed by atoms with Crippen molar-refractivity contribution in [2.24, 2.45) is 0 Å². The molecule has 0 atom stereocenters. The summed E-state index contributed by atoms with van der Waals surface area (Å²) in [7, 11) is 1.60. The molecule has 0 saturated heterocycles. The predicted molar refractivity (Wildman–Crippen MR) is 96.4 cm³/mol. The molecule has 2 aliphatic heterocycles. The van der Waals surface area contributed by atoms with E-state index in [-0.39, 0.29) is 11.8 Å². The van der Waals surface area contributed by atoms with Crippen LogP contribution in [0.3, 0.4) is 0 Å². The summed E-state index contributed by atoms with van der Waals surface area (Å²) in [6, 6.07) is 11.2. The first-order chi connectivity index (χ1) is 12.2. The third-order valence-corrected chi connectivity index (χ3v) is 4.86. The molecule has 2 amide bonds. The Hall–Kier alpha value is -2.82. The Bertz CT molecular complexity index is 843. The van der Waals surface area contributed by atoms with Crippen LogP contribution in [0.25, 0.3) is 0 Å². The molecule has 0 radical (unpaired) electrons. The summed E-state index contributed by atoms with van der Waals surface area (Å²) in [5, 5.41) is 2.93. The number of methoxy groups -OCH3 is 1. The number of benzene rings is 2. The topological polar surface area (TPSA) is 58.6 Å². The summed E-state index contributed by atoms with van der Waals surface area (Å²) in [6.45, 7) is 0.786. The van der Waals surface area contributed by atoms with Gasteiger partial charge >= 0.3 is 0 Å². The Labute approximate surface area is 146 Å². The highest BCUT2D eigenvalue weighted by atomic mass is 16.5. The van der Waals surface area contributed by atoms with Gasteiger partial charge in [0, 0.05) is 30.3 Å². The van der Waals surface area contributed by atoms with Gasteiger partial charge in [-0.05, 0) is 54.7 Å². The zero-order valence-electron chi connectivity index (χ0n) is 14.2. The van der Waals surface area contributed by atoms with E-state index in [2.05, 4.69) is 5.32 Å². The van der Waals surface area contributed by atoms with Gasteiger partial charge in [-0.3, -0.25) is 9.59 Å². The largest absolute Gasteiger partial charge is 0.497 e. The highest BCUT2D eigenvalue weighted by Gasteiger charge is 2.30. The average molecular weight is 336 g/mol. The van der Waals surface area contributed by atoms with Crippen molar-refractivity contribution in [3.63, 3.8) is 0 Å². The van der Waals surface area contributed by atoms with E-state index in [1.807, 2.05) is 35.2 Å². The van der Waals surface area contributed by atoms with Crippen molar-refractivity contribution in [1.82, 2.24) is 0 Å². The fraction of sp³-hybridized carbons (Fsp3) is 0.300. The van der Waals surface area contributed by atoms with Gasteiger partial charge in [0.1, 0.15) is 5.75 Å². The molecule has 5 nitrogen and oxygen atoms in total. The number of hydrogen-bond acceptors (Lipinski definition) is 3. The lowest BCUT2D eigenvalue weighted by molar-refractivity contribution is -0.119. The van der Waals surface area contributed by atoms with E-state index < -0.39 is 0 Å². The van der Waals surface area contributed by atoms with Gasteiger partial charge in [0.15, 0.2) is 0 Å². The molecular formula is C20H20N2O3. The van der Waals surface area contributed by atoms with Crippen LogP contribution in [0.5, 0.6) is 5.75 Å². The average Bonchev–Trinajstić information content (AvgIpc) is 2.64. The molecule has 2 heterocycles. The lowest BCUT2D eigenvalue weighted by Gasteiger charge is -2.35. The summed E-state index contributed by atoms with van der Waals surface area (Å²) >= 11 is 0. The number of anilines is 2. The van der Waals surface area contributed by atoms with Crippen molar-refractivity contribution in [2.45, 2.75) is 25.7 Å². The lowest BCUT2D eigenvalue weighted by Crippen LogP contribution is -2.39. The molecule has 0 spiro atoms. The monoisotopic (exact) mass is 336 g/mol. The second kappa shape index (κ2) is 6.24. The van der Waals surface area contributed by atoms with Gasteiger partial charge < -0.3 is 15.0 Å². The number of carbonyl (C=O) groups excluding carboxylic acids is 2. The van der Waals surface area contributed by atoms with Crippen molar-refractivity contribution >= 4 is 23.2 Å². The second-order valence-electron chi connectivity index (χ2n) is 6.48. The van der Waals surface area contributed by atoms with Crippen LogP contribution in [0.1, 0.15) is 34.3 Å². The van der Waals surface area contributed by atoms with Crippen LogP contribution in [-0.4, -0.2) is 25.5 Å². The summed E-state index contributed by atoms with van der Waals surface area (Å²) in [5.74, 6) is 0.760. The first kappa shape index (κ1) is 15.7. The number of carbonyl (C=O) groups is 2. The molecule has 2 aromatic rings. The molecule has 1 N–H and O–H groups in total. The summed E-state index contributed by atoms with van der Waals surface area (Å²) < 4.78 is 5.19. The van der Waals surface area contributed by atoms with Gasteiger partial charge in [0.25, 0.3) is 5.91 Å². The normalized spacial score (nSPS) is 15.6. The van der Waals surface area contributed by atoms with Gasteiger partial charge in [-0.2, -0.15) is 0 Å². The Kier molecular flexibility index (Phi) is 3.92. The molecule has 4 rings (SSSR count). The molecule has 0 bridgehead atoms. The van der Waals surface area contributed by atoms with E-state index in [0.717, 1.165) is 36.2 Å². The van der Waals surface area contributed by atoms with Crippen LogP contribution in [0.15, 0.2) is 36.4 Å². The molecule has 5 heteroatoms. The van der Waals surface area contributed by atoms with Crippen molar-refractivity contribution < 1.29 is 14.3 Å². The smallest absolute Gasteiger partial charge is 0.255 e. The van der Waals surface area contributed by atoms with E-state index in [0.29, 0.717) is 29.8 Å². The molecule has 2 aromatic carbocycles. The molecule has 0 fully saturated rings. The fourth-order valence-corrected chi connectivity index (χ4v) is 3.69. The van der Waals surface area contributed by atoms with Gasteiger partial charge in [-0.25, -0.2) is 0 Å². The molecular weight excluding hydrogens is 316 g/mol. The zero-order valence-corrected chi connectivity index (χ0v) is 14.2. The minimum absolute atomic E-state index is 0.138. The molecule has 128 valence electrons. The second-order valence-corrected chi connectivity index (χ2v) is 6.48. The summed E-state index contributed by atoms with van der Waals surface area (Å²) in [6.07, 6.45) is 3.08. The number of nitrogens with zero attached hydrogens (tertiary/aromatic N) is 1. The molecule has 0 aliphatic carbocycles. The highest BCUT2D eigenvalue weighted by molar-refractivity contribution is 6.06. The summed E-state index contributed by atoms with van der Waals surface area (Å²) in [5.41, 5.74) is 4.60. The maximum absolute atomic E-state index is 12.7. The van der Waals surface area contributed by atoms with Crippen LogP contribution in [-0.2, 0) is 17.6 Å². The lowest BCUT2D eigenvalue weighted by atomic mass is 9.89. The number of hydrogen-bond donors (Lipinski definition) is 1. The molecule has 25 heavy (non-hydrogen) atoms. The van der Waals surface area contributed by atoms with Gasteiger partial charge in [-0.15, -0.1) is 0 Å². The quantitative estimate of drug-likeness (QED) is 0.936. The van der Waals surface area contributed by atoms with Gasteiger partial charge in [0.05, 0.1) is 12.8 Å². The first-order valence-corrected chi connectivity index (χ1v) is 8.57. The maximum atomic E-state index is 12.7. The highest BCUT2D eigenvalue weighted by Crippen LogP contribution is 2.36. The predicted octanol–water partition coefficient (Wildman–Crippen LogP) is 3.17. The minimum atomic E-state index is -0.138. The number of amides is 2. The number of aryl methyl sites for hydroxylation is 2. The van der Waals surface area contributed by atoms with E-state index in [4.69, 9.17) is 4.74 Å². The van der Waals surface area contributed by atoms with Crippen LogP contribution in [0, 0.1) is 0 Å². The van der Waals surface area contributed by atoms with E-state index in [1.54, 1.807) is 13.2 Å². The van der Waals surface area contributed by atoms with Crippen LogP contribution in [0.4, 0.5) is 11.4 Å². The van der Waals surface area contributed by atoms with Crippen molar-refractivity contribution in [3.05, 3.63) is 53.1 Å². The number of rotatable bonds is 3.